The van der Waals surface area contributed by atoms with E-state index in [0.29, 0.717) is 0 Å². The second-order valence-electron chi connectivity index (χ2n) is 14.5. The topological polar surface area (TPSA) is 21.3 Å². The van der Waals surface area contributed by atoms with Crippen LogP contribution in [0.1, 0.15) is 0 Å². The maximum Gasteiger partial charge on any atom is 0.137 e. The summed E-state index contributed by atoms with van der Waals surface area (Å²) >= 11 is 1.88. The number of hydrogen-bond acceptors (Lipinski definition) is 3. The van der Waals surface area contributed by atoms with Gasteiger partial charge in [-0.2, -0.15) is 0 Å². The molecule has 0 amide bonds. The number of rotatable bonds is 5. The number of thiophene rings is 1. The minimum Gasteiger partial charge on any atom is -0.456 e. The number of aromatic nitrogens is 1. The normalized spacial score (nSPS) is 11.9. The molecular formula is C52H32N2OS. The van der Waals surface area contributed by atoms with E-state index in [1.165, 1.54) is 63.9 Å². The molecule has 4 heteroatoms. The second kappa shape index (κ2) is 12.2. The van der Waals surface area contributed by atoms with Gasteiger partial charge in [-0.3, -0.25) is 0 Å². The van der Waals surface area contributed by atoms with Crippen LogP contribution in [-0.2, 0) is 0 Å². The number of para-hydroxylation sites is 3. The summed E-state index contributed by atoms with van der Waals surface area (Å²) in [6.07, 6.45) is 0. The Morgan fingerprint density at radius 1 is 0.411 bits per heavy atom. The van der Waals surface area contributed by atoms with Crippen LogP contribution in [-0.4, -0.2) is 4.57 Å². The number of benzene rings is 9. The van der Waals surface area contributed by atoms with Crippen LogP contribution in [0, 0.1) is 0 Å². The van der Waals surface area contributed by atoms with Crippen molar-refractivity contribution in [2.75, 3.05) is 4.90 Å². The maximum atomic E-state index is 6.35. The third-order valence-electron chi connectivity index (χ3n) is 11.3. The number of furan rings is 1. The van der Waals surface area contributed by atoms with Crippen molar-refractivity contribution < 1.29 is 4.42 Å². The lowest BCUT2D eigenvalue weighted by molar-refractivity contribution is 0.669. The van der Waals surface area contributed by atoms with E-state index in [4.69, 9.17) is 4.42 Å². The molecule has 0 aliphatic heterocycles. The third-order valence-corrected chi connectivity index (χ3v) is 12.6. The van der Waals surface area contributed by atoms with E-state index < -0.39 is 0 Å². The van der Waals surface area contributed by atoms with Gasteiger partial charge in [0.1, 0.15) is 11.2 Å². The lowest BCUT2D eigenvalue weighted by atomic mass is 10.0. The van der Waals surface area contributed by atoms with Crippen LogP contribution in [0.5, 0.6) is 0 Å². The highest BCUT2D eigenvalue weighted by molar-refractivity contribution is 7.26. The van der Waals surface area contributed by atoms with Gasteiger partial charge in [0.15, 0.2) is 0 Å². The fourth-order valence-corrected chi connectivity index (χ4v) is 9.98. The Labute approximate surface area is 326 Å². The Morgan fingerprint density at radius 3 is 1.93 bits per heavy atom. The van der Waals surface area contributed by atoms with Crippen LogP contribution in [0.25, 0.3) is 91.5 Å². The van der Waals surface area contributed by atoms with Crippen LogP contribution < -0.4 is 4.90 Å². The summed E-state index contributed by atoms with van der Waals surface area (Å²) in [5.74, 6) is 0. The van der Waals surface area contributed by atoms with E-state index in [2.05, 4.69) is 191 Å². The summed E-state index contributed by atoms with van der Waals surface area (Å²) < 4.78 is 11.4. The van der Waals surface area contributed by atoms with Crippen LogP contribution in [0.4, 0.5) is 17.1 Å². The molecule has 12 rings (SSSR count). The first-order chi connectivity index (χ1) is 27.7. The van der Waals surface area contributed by atoms with Crippen molar-refractivity contribution in [1.29, 1.82) is 0 Å². The van der Waals surface area contributed by atoms with Crippen LogP contribution in [0.3, 0.4) is 0 Å². The second-order valence-corrected chi connectivity index (χ2v) is 15.6. The molecular weight excluding hydrogens is 701 g/mol. The largest absolute Gasteiger partial charge is 0.456 e. The summed E-state index contributed by atoms with van der Waals surface area (Å²) in [6, 6.07) is 70.3. The summed E-state index contributed by atoms with van der Waals surface area (Å²) in [4.78, 5) is 2.31. The Hall–Kier alpha value is -7.14. The van der Waals surface area contributed by atoms with Gasteiger partial charge in [-0.1, -0.05) is 109 Å². The van der Waals surface area contributed by atoms with Crippen molar-refractivity contribution >= 4 is 103 Å². The van der Waals surface area contributed by atoms with Gasteiger partial charge in [-0.05, 0) is 95.2 Å². The van der Waals surface area contributed by atoms with Crippen LogP contribution >= 0.6 is 11.3 Å². The molecule has 0 saturated carbocycles. The molecule has 3 aromatic heterocycles. The zero-order chi connectivity index (χ0) is 36.7. The molecule has 0 saturated heterocycles. The average molecular weight is 733 g/mol. The first-order valence-corrected chi connectivity index (χ1v) is 19.8. The smallest absolute Gasteiger partial charge is 0.137 e. The van der Waals surface area contributed by atoms with E-state index in [0.717, 1.165) is 44.7 Å². The first kappa shape index (κ1) is 31.2. The zero-order valence-corrected chi connectivity index (χ0v) is 31.0. The summed E-state index contributed by atoms with van der Waals surface area (Å²) in [6.45, 7) is 0. The predicted molar refractivity (Wildman–Crippen MR) is 239 cm³/mol. The Kier molecular flexibility index (Phi) is 6.80. The Morgan fingerprint density at radius 2 is 1.07 bits per heavy atom. The molecule has 0 fully saturated rings. The summed E-state index contributed by atoms with van der Waals surface area (Å²) in [5.41, 5.74) is 11.0. The van der Waals surface area contributed by atoms with Crippen molar-refractivity contribution in [3.8, 4) is 16.8 Å². The van der Waals surface area contributed by atoms with Crippen molar-refractivity contribution in [3.05, 3.63) is 194 Å². The molecule has 3 heterocycles. The molecule has 0 bridgehead atoms. The highest BCUT2D eigenvalue weighted by Gasteiger charge is 2.20. The lowest BCUT2D eigenvalue weighted by Gasteiger charge is -2.25. The SMILES string of the molecule is c1ccc(N(c2ccc(-c3cc(-n4c5ccccc5c5cc6ccccc6cc54)cc4c3sc3ccccc34)cc2)c2ccc3c(c2)oc2ccccc23)cc1. The monoisotopic (exact) mass is 732 g/mol. The van der Waals surface area contributed by atoms with Gasteiger partial charge in [0.2, 0.25) is 0 Å². The van der Waals surface area contributed by atoms with Crippen LogP contribution in [0.2, 0.25) is 0 Å². The minimum absolute atomic E-state index is 0.878. The fraction of sp³-hybridized carbons (Fsp3) is 0. The molecule has 0 aliphatic carbocycles. The molecule has 56 heavy (non-hydrogen) atoms. The Balaban J connectivity index is 1.05. The van der Waals surface area contributed by atoms with Crippen molar-refractivity contribution in [2.24, 2.45) is 0 Å². The number of anilines is 3. The van der Waals surface area contributed by atoms with E-state index in [-0.39, 0.29) is 0 Å². The third kappa shape index (κ3) is 4.76. The van der Waals surface area contributed by atoms with Gasteiger partial charge in [0.05, 0.1) is 11.0 Å². The highest BCUT2D eigenvalue weighted by atomic mass is 32.1. The molecule has 12 aromatic rings. The average Bonchev–Trinajstić information content (AvgIpc) is 3.92. The Bertz CT molecular complexity index is 3480. The standard InChI is InChI=1S/C52H32N2OS/c1-2-14-36(15-3-1)53(38-26-27-42-41-17-7-10-20-49(41)55-50(42)32-38)37-24-22-33(23-25-37)44-30-39(31-46-43-18-8-11-21-51(43)56-52(44)46)54-47-19-9-6-16-40(47)45-28-34-12-4-5-13-35(34)29-48(45)54/h1-32H. The molecule has 9 aromatic carbocycles. The minimum atomic E-state index is 0.878. The molecule has 0 N–H and O–H groups in total. The van der Waals surface area contributed by atoms with E-state index in [1.807, 2.05) is 23.5 Å². The highest BCUT2D eigenvalue weighted by Crippen LogP contribution is 2.45. The van der Waals surface area contributed by atoms with Gasteiger partial charge in [0, 0.05) is 76.1 Å². The molecule has 0 atom stereocenters. The zero-order valence-electron chi connectivity index (χ0n) is 30.2. The lowest BCUT2D eigenvalue weighted by Crippen LogP contribution is -2.09. The van der Waals surface area contributed by atoms with Gasteiger partial charge >= 0.3 is 0 Å². The maximum absolute atomic E-state index is 6.35. The van der Waals surface area contributed by atoms with E-state index in [9.17, 15) is 0 Å². The molecule has 262 valence electrons. The van der Waals surface area contributed by atoms with Gasteiger partial charge in [-0.15, -0.1) is 11.3 Å². The molecule has 0 radical (unpaired) electrons. The molecule has 3 nitrogen and oxygen atoms in total. The summed E-state index contributed by atoms with van der Waals surface area (Å²) in [5, 5.41) is 9.84. The van der Waals surface area contributed by atoms with Crippen molar-refractivity contribution in [2.45, 2.75) is 0 Å². The van der Waals surface area contributed by atoms with E-state index in [1.54, 1.807) is 0 Å². The van der Waals surface area contributed by atoms with Crippen molar-refractivity contribution in [3.63, 3.8) is 0 Å². The quantitative estimate of drug-likeness (QED) is 0.176. The first-order valence-electron chi connectivity index (χ1n) is 19.0. The van der Waals surface area contributed by atoms with E-state index >= 15 is 0 Å². The number of nitrogens with zero attached hydrogens (tertiary/aromatic N) is 2. The summed E-state index contributed by atoms with van der Waals surface area (Å²) in [7, 11) is 0. The predicted octanol–water partition coefficient (Wildman–Crippen LogP) is 15.3. The van der Waals surface area contributed by atoms with Crippen LogP contribution in [0.15, 0.2) is 199 Å². The molecule has 0 unspecified atom stereocenters. The number of fused-ring (bicyclic) bond motifs is 10. The van der Waals surface area contributed by atoms with Gasteiger partial charge in [-0.25, -0.2) is 0 Å². The van der Waals surface area contributed by atoms with Gasteiger partial charge < -0.3 is 13.9 Å². The molecule has 0 spiro atoms. The van der Waals surface area contributed by atoms with Crippen molar-refractivity contribution in [1.82, 2.24) is 4.57 Å². The number of hydrogen-bond donors (Lipinski definition) is 0. The van der Waals surface area contributed by atoms with Gasteiger partial charge in [0.25, 0.3) is 0 Å². The molecule has 0 aliphatic rings. The fourth-order valence-electron chi connectivity index (χ4n) is 8.76.